The minimum Gasteiger partial charge on any atom is -0.325 e. The molecular weight excluding hydrogens is 432 g/mol. The van der Waals surface area contributed by atoms with E-state index in [9.17, 15) is 13.2 Å². The number of sulfonamides is 1. The highest BCUT2D eigenvalue weighted by atomic mass is 32.2. The monoisotopic (exact) mass is 464 g/mol. The topological polar surface area (TPSA) is 66.5 Å². The molecule has 0 unspecified atom stereocenters. The first kappa shape index (κ1) is 24.5. The Morgan fingerprint density at radius 2 is 1.52 bits per heavy atom. The lowest BCUT2D eigenvalue weighted by molar-refractivity contribution is -0.114. The van der Waals surface area contributed by atoms with Crippen LogP contribution in [-0.4, -0.2) is 20.9 Å². The fourth-order valence-corrected chi connectivity index (χ4v) is 5.17. The van der Waals surface area contributed by atoms with Gasteiger partial charge in [0.1, 0.15) is 6.54 Å². The summed E-state index contributed by atoms with van der Waals surface area (Å²) in [5, 5.41) is 2.84. The van der Waals surface area contributed by atoms with Crippen molar-refractivity contribution in [3.05, 3.63) is 89.0 Å². The molecule has 1 amide bonds. The van der Waals surface area contributed by atoms with E-state index in [1.54, 1.807) is 30.3 Å². The minimum atomic E-state index is -3.94. The first-order valence-corrected chi connectivity index (χ1v) is 12.7. The first-order valence-electron chi connectivity index (χ1n) is 11.3. The zero-order chi connectivity index (χ0) is 24.0. The molecule has 0 bridgehead atoms. The quantitative estimate of drug-likeness (QED) is 0.436. The Balaban J connectivity index is 1.88. The first-order chi connectivity index (χ1) is 15.7. The zero-order valence-electron chi connectivity index (χ0n) is 19.8. The third kappa shape index (κ3) is 6.23. The molecule has 5 nitrogen and oxygen atoms in total. The van der Waals surface area contributed by atoms with Crippen molar-refractivity contribution in [2.24, 2.45) is 0 Å². The van der Waals surface area contributed by atoms with Gasteiger partial charge in [-0.25, -0.2) is 8.42 Å². The van der Waals surface area contributed by atoms with E-state index in [1.165, 1.54) is 9.87 Å². The van der Waals surface area contributed by atoms with Crippen molar-refractivity contribution in [3.8, 4) is 0 Å². The third-order valence-electron chi connectivity index (χ3n) is 5.57. The number of hydrogen-bond acceptors (Lipinski definition) is 3. The molecule has 0 aliphatic heterocycles. The number of carbonyl (C=O) groups is 1. The summed E-state index contributed by atoms with van der Waals surface area (Å²) in [6.07, 6.45) is 3.25. The standard InChI is InChI=1S/C27H32N2O3S/c1-5-6-7-23-11-13-24(14-12-23)28-27(30)19-29(26-17-10-21(3)18-22(26)4)33(31,32)25-15-8-20(2)9-16-25/h8-18H,5-7,19H2,1-4H3,(H,28,30). The van der Waals surface area contributed by atoms with Crippen molar-refractivity contribution in [3.63, 3.8) is 0 Å². The smallest absolute Gasteiger partial charge is 0.264 e. The van der Waals surface area contributed by atoms with E-state index in [0.29, 0.717) is 11.4 Å². The van der Waals surface area contributed by atoms with Crippen molar-refractivity contribution in [1.82, 2.24) is 0 Å². The van der Waals surface area contributed by atoms with Crippen LogP contribution in [0.25, 0.3) is 0 Å². The van der Waals surface area contributed by atoms with Crippen LogP contribution in [0.5, 0.6) is 0 Å². The molecule has 3 aromatic carbocycles. The van der Waals surface area contributed by atoms with Crippen LogP contribution < -0.4 is 9.62 Å². The predicted octanol–water partition coefficient (Wildman–Crippen LogP) is 5.79. The maximum Gasteiger partial charge on any atom is 0.264 e. The molecular formula is C27H32N2O3S. The summed E-state index contributed by atoms with van der Waals surface area (Å²) >= 11 is 0. The van der Waals surface area contributed by atoms with E-state index in [2.05, 4.69) is 12.2 Å². The van der Waals surface area contributed by atoms with Crippen LogP contribution in [0, 0.1) is 20.8 Å². The number of benzene rings is 3. The summed E-state index contributed by atoms with van der Waals surface area (Å²) in [5.74, 6) is -0.396. The highest BCUT2D eigenvalue weighted by Gasteiger charge is 2.28. The Morgan fingerprint density at radius 1 is 0.879 bits per heavy atom. The molecule has 33 heavy (non-hydrogen) atoms. The number of hydrogen-bond donors (Lipinski definition) is 1. The number of unbranched alkanes of at least 4 members (excludes halogenated alkanes) is 1. The van der Waals surface area contributed by atoms with E-state index in [4.69, 9.17) is 0 Å². The van der Waals surface area contributed by atoms with Crippen LogP contribution in [0.4, 0.5) is 11.4 Å². The Hall–Kier alpha value is -3.12. The van der Waals surface area contributed by atoms with Gasteiger partial charge in [-0.2, -0.15) is 0 Å². The maximum atomic E-state index is 13.6. The summed E-state index contributed by atoms with van der Waals surface area (Å²) in [4.78, 5) is 13.1. The molecule has 0 radical (unpaired) electrons. The maximum absolute atomic E-state index is 13.6. The number of nitrogens with zero attached hydrogens (tertiary/aromatic N) is 1. The van der Waals surface area contributed by atoms with Gasteiger partial charge in [-0.15, -0.1) is 0 Å². The molecule has 0 spiro atoms. The largest absolute Gasteiger partial charge is 0.325 e. The van der Waals surface area contributed by atoms with Crippen molar-refractivity contribution in [2.75, 3.05) is 16.2 Å². The number of rotatable bonds is 9. The van der Waals surface area contributed by atoms with Crippen molar-refractivity contribution in [2.45, 2.75) is 51.9 Å². The van der Waals surface area contributed by atoms with Crippen LogP contribution in [0.2, 0.25) is 0 Å². The van der Waals surface area contributed by atoms with Gasteiger partial charge in [0.25, 0.3) is 10.0 Å². The summed E-state index contributed by atoms with van der Waals surface area (Å²) < 4.78 is 28.3. The highest BCUT2D eigenvalue weighted by Crippen LogP contribution is 2.28. The Bertz CT molecular complexity index is 1200. The summed E-state index contributed by atoms with van der Waals surface area (Å²) in [6, 6.07) is 19.9. The second kappa shape index (κ2) is 10.7. The third-order valence-corrected chi connectivity index (χ3v) is 7.35. The van der Waals surface area contributed by atoms with Gasteiger partial charge in [0.15, 0.2) is 0 Å². The number of nitrogens with one attached hydrogen (secondary N) is 1. The van der Waals surface area contributed by atoms with Gasteiger partial charge in [-0.05, 0) is 75.1 Å². The number of aryl methyl sites for hydroxylation is 4. The fourth-order valence-electron chi connectivity index (χ4n) is 3.69. The number of anilines is 2. The van der Waals surface area contributed by atoms with Crippen molar-refractivity contribution in [1.29, 1.82) is 0 Å². The zero-order valence-corrected chi connectivity index (χ0v) is 20.6. The molecule has 0 aliphatic carbocycles. The van der Waals surface area contributed by atoms with Crippen LogP contribution in [0.3, 0.4) is 0 Å². The summed E-state index contributed by atoms with van der Waals surface area (Å²) in [5.41, 5.74) is 5.14. The molecule has 0 atom stereocenters. The molecule has 0 fully saturated rings. The molecule has 0 saturated carbocycles. The molecule has 3 rings (SSSR count). The Labute approximate surface area is 197 Å². The second-order valence-electron chi connectivity index (χ2n) is 8.46. The van der Waals surface area contributed by atoms with Gasteiger partial charge in [-0.3, -0.25) is 9.10 Å². The van der Waals surface area contributed by atoms with Crippen molar-refractivity contribution >= 4 is 27.3 Å². The van der Waals surface area contributed by atoms with Gasteiger partial charge in [-0.1, -0.05) is 60.9 Å². The molecule has 1 N–H and O–H groups in total. The van der Waals surface area contributed by atoms with E-state index >= 15 is 0 Å². The summed E-state index contributed by atoms with van der Waals surface area (Å²) in [6.45, 7) is 7.54. The van der Waals surface area contributed by atoms with E-state index in [1.807, 2.05) is 57.2 Å². The van der Waals surface area contributed by atoms with Gasteiger partial charge in [0.2, 0.25) is 5.91 Å². The molecule has 3 aromatic rings. The molecule has 174 valence electrons. The van der Waals surface area contributed by atoms with E-state index < -0.39 is 15.9 Å². The van der Waals surface area contributed by atoms with Crippen molar-refractivity contribution < 1.29 is 13.2 Å². The molecule has 0 aromatic heterocycles. The predicted molar refractivity (Wildman–Crippen MR) is 135 cm³/mol. The van der Waals surface area contributed by atoms with Crippen LogP contribution >= 0.6 is 0 Å². The normalized spacial score (nSPS) is 11.3. The lowest BCUT2D eigenvalue weighted by Crippen LogP contribution is -2.38. The second-order valence-corrected chi connectivity index (χ2v) is 10.3. The van der Waals surface area contributed by atoms with Gasteiger partial charge in [0.05, 0.1) is 10.6 Å². The van der Waals surface area contributed by atoms with Crippen LogP contribution in [-0.2, 0) is 21.2 Å². The molecule has 0 saturated heterocycles. The van der Waals surface area contributed by atoms with Gasteiger partial charge >= 0.3 is 0 Å². The van der Waals surface area contributed by atoms with Crippen LogP contribution in [0.15, 0.2) is 71.6 Å². The minimum absolute atomic E-state index is 0.154. The van der Waals surface area contributed by atoms with E-state index in [0.717, 1.165) is 36.0 Å². The van der Waals surface area contributed by atoms with Crippen LogP contribution in [0.1, 0.15) is 42.0 Å². The lowest BCUT2D eigenvalue weighted by atomic mass is 10.1. The lowest BCUT2D eigenvalue weighted by Gasteiger charge is -2.26. The SMILES string of the molecule is CCCCc1ccc(NC(=O)CN(c2ccc(C)cc2C)S(=O)(=O)c2ccc(C)cc2)cc1. The fraction of sp³-hybridized carbons (Fsp3) is 0.296. The Kier molecular flexibility index (Phi) is 7.92. The summed E-state index contributed by atoms with van der Waals surface area (Å²) in [7, 11) is -3.94. The van der Waals surface area contributed by atoms with Gasteiger partial charge in [0, 0.05) is 5.69 Å². The number of carbonyl (C=O) groups excluding carboxylic acids is 1. The average Bonchev–Trinajstić information content (AvgIpc) is 2.78. The van der Waals surface area contributed by atoms with Gasteiger partial charge < -0.3 is 5.32 Å². The Morgan fingerprint density at radius 3 is 2.12 bits per heavy atom. The highest BCUT2D eigenvalue weighted by molar-refractivity contribution is 7.92. The van der Waals surface area contributed by atoms with E-state index in [-0.39, 0.29) is 11.4 Å². The number of amides is 1. The average molecular weight is 465 g/mol. The molecule has 0 heterocycles. The molecule has 0 aliphatic rings. The molecule has 6 heteroatoms.